The summed E-state index contributed by atoms with van der Waals surface area (Å²) in [6.45, 7) is -0.0245. The fraction of sp³-hybridized carbons (Fsp3) is 0.222. The van der Waals surface area contributed by atoms with Crippen molar-refractivity contribution in [2.24, 2.45) is 5.73 Å². The Labute approximate surface area is 92.0 Å². The molecule has 0 saturated heterocycles. The minimum Gasteiger partial charge on any atom is -0.397 e. The molecule has 0 bridgehead atoms. The second-order valence-corrected chi connectivity index (χ2v) is 3.41. The fourth-order valence-electron chi connectivity index (χ4n) is 1.03. The molecule has 0 aliphatic heterocycles. The maximum Gasteiger partial charge on any atom is 0.248 e. The van der Waals surface area contributed by atoms with Crippen molar-refractivity contribution >= 4 is 28.9 Å². The summed E-state index contributed by atoms with van der Waals surface area (Å²) in [4.78, 5) is 10.6. The van der Waals surface area contributed by atoms with E-state index in [1.807, 2.05) is 0 Å². The topological polar surface area (TPSA) is 101 Å². The number of rotatable bonds is 4. The van der Waals surface area contributed by atoms with E-state index >= 15 is 0 Å². The molecule has 6 heteroatoms. The zero-order valence-corrected chi connectivity index (χ0v) is 8.66. The lowest BCUT2D eigenvalue weighted by atomic mass is 10.2. The van der Waals surface area contributed by atoms with E-state index in [-0.39, 0.29) is 6.54 Å². The lowest BCUT2D eigenvalue weighted by molar-refractivity contribution is -0.125. The number of aliphatic hydroxyl groups is 1. The van der Waals surface area contributed by atoms with Crippen LogP contribution in [-0.2, 0) is 4.79 Å². The molecule has 0 spiro atoms. The third-order valence-electron chi connectivity index (χ3n) is 1.85. The predicted molar refractivity (Wildman–Crippen MR) is 59.6 cm³/mol. The van der Waals surface area contributed by atoms with Crippen LogP contribution in [0.1, 0.15) is 0 Å². The van der Waals surface area contributed by atoms with E-state index in [1.165, 1.54) is 0 Å². The molecule has 0 fully saturated rings. The van der Waals surface area contributed by atoms with Crippen LogP contribution in [0.5, 0.6) is 0 Å². The van der Waals surface area contributed by atoms with Gasteiger partial charge in [0.15, 0.2) is 0 Å². The minimum atomic E-state index is -1.26. The van der Waals surface area contributed by atoms with Crippen LogP contribution in [0.3, 0.4) is 0 Å². The van der Waals surface area contributed by atoms with Gasteiger partial charge in [0.05, 0.1) is 16.4 Å². The van der Waals surface area contributed by atoms with Crippen molar-refractivity contribution in [3.63, 3.8) is 0 Å². The van der Waals surface area contributed by atoms with E-state index in [1.54, 1.807) is 18.2 Å². The number of aliphatic hydroxyl groups excluding tert-OH is 1. The van der Waals surface area contributed by atoms with Gasteiger partial charge in [-0.05, 0) is 12.1 Å². The Morgan fingerprint density at radius 1 is 1.60 bits per heavy atom. The monoisotopic (exact) mass is 229 g/mol. The molecular formula is C9H12ClN3O2. The lowest BCUT2D eigenvalue weighted by Gasteiger charge is -2.12. The molecule has 0 aliphatic rings. The molecular weight excluding hydrogens is 218 g/mol. The Kier molecular flexibility index (Phi) is 3.76. The number of halogens is 1. The van der Waals surface area contributed by atoms with Crippen LogP contribution in [0.2, 0.25) is 5.02 Å². The Hall–Kier alpha value is -1.46. The maximum atomic E-state index is 10.6. The minimum absolute atomic E-state index is 0.0245. The lowest BCUT2D eigenvalue weighted by Crippen LogP contribution is -2.34. The number of carbonyl (C=O) groups excluding carboxylic acids is 1. The van der Waals surface area contributed by atoms with Crippen LogP contribution in [0, 0.1) is 0 Å². The Bertz CT molecular complexity index is 350. The van der Waals surface area contributed by atoms with Gasteiger partial charge < -0.3 is 21.9 Å². The number of para-hydroxylation sites is 1. The number of nitrogens with two attached hydrogens (primary N) is 2. The highest BCUT2D eigenvalue weighted by Crippen LogP contribution is 2.27. The van der Waals surface area contributed by atoms with Gasteiger partial charge in [-0.2, -0.15) is 0 Å². The van der Waals surface area contributed by atoms with Gasteiger partial charge in [0.25, 0.3) is 0 Å². The second kappa shape index (κ2) is 4.86. The predicted octanol–water partition coefficient (Wildman–Crippen LogP) is 0.180. The molecule has 5 nitrogen and oxygen atoms in total. The van der Waals surface area contributed by atoms with Gasteiger partial charge in [0.1, 0.15) is 6.10 Å². The number of anilines is 2. The summed E-state index contributed by atoms with van der Waals surface area (Å²) in [7, 11) is 0. The number of hydrogen-bond donors (Lipinski definition) is 4. The summed E-state index contributed by atoms with van der Waals surface area (Å²) < 4.78 is 0. The quantitative estimate of drug-likeness (QED) is 0.553. The molecule has 0 radical (unpaired) electrons. The number of hydrogen-bond acceptors (Lipinski definition) is 4. The van der Waals surface area contributed by atoms with Gasteiger partial charge in [-0.15, -0.1) is 0 Å². The van der Waals surface area contributed by atoms with Crippen LogP contribution < -0.4 is 16.8 Å². The molecule has 1 unspecified atom stereocenters. The van der Waals surface area contributed by atoms with E-state index in [0.29, 0.717) is 16.4 Å². The molecule has 82 valence electrons. The highest BCUT2D eigenvalue weighted by Gasteiger charge is 2.11. The largest absolute Gasteiger partial charge is 0.397 e. The van der Waals surface area contributed by atoms with Crippen LogP contribution >= 0.6 is 11.6 Å². The molecule has 15 heavy (non-hydrogen) atoms. The van der Waals surface area contributed by atoms with Crippen LogP contribution in [0.15, 0.2) is 18.2 Å². The standard InChI is InChI=1S/C9H12ClN3O2/c10-5-2-1-3-6(11)8(5)13-4-7(14)9(12)15/h1-3,7,13-14H,4,11H2,(H2,12,15). The summed E-state index contributed by atoms with van der Waals surface area (Å²) in [6.07, 6.45) is -1.26. The van der Waals surface area contributed by atoms with E-state index in [4.69, 9.17) is 28.2 Å². The average Bonchev–Trinajstić information content (AvgIpc) is 2.16. The number of nitrogen functional groups attached to an aromatic ring is 1. The van der Waals surface area contributed by atoms with Crippen molar-refractivity contribution in [1.29, 1.82) is 0 Å². The van der Waals surface area contributed by atoms with Gasteiger partial charge in [-0.1, -0.05) is 17.7 Å². The molecule has 1 atom stereocenters. The number of primary amides is 1. The third-order valence-corrected chi connectivity index (χ3v) is 2.16. The van der Waals surface area contributed by atoms with Gasteiger partial charge in [0.2, 0.25) is 5.91 Å². The molecule has 1 rings (SSSR count). The molecule has 1 aromatic rings. The first-order valence-corrected chi connectivity index (χ1v) is 4.65. The van der Waals surface area contributed by atoms with Crippen molar-refractivity contribution in [2.45, 2.75) is 6.10 Å². The SMILES string of the molecule is NC(=O)C(O)CNc1c(N)cccc1Cl. The Morgan fingerprint density at radius 2 is 2.27 bits per heavy atom. The van der Waals surface area contributed by atoms with E-state index in [9.17, 15) is 4.79 Å². The molecule has 1 amide bonds. The first-order chi connectivity index (χ1) is 7.02. The summed E-state index contributed by atoms with van der Waals surface area (Å²) in [5.74, 6) is -0.798. The van der Waals surface area contributed by atoms with Gasteiger partial charge in [-0.3, -0.25) is 4.79 Å². The zero-order chi connectivity index (χ0) is 11.4. The second-order valence-electron chi connectivity index (χ2n) is 3.00. The molecule has 0 heterocycles. The van der Waals surface area contributed by atoms with E-state index in [0.717, 1.165) is 0 Å². The van der Waals surface area contributed by atoms with Gasteiger partial charge in [-0.25, -0.2) is 0 Å². The number of nitrogens with one attached hydrogen (secondary N) is 1. The molecule has 1 aromatic carbocycles. The van der Waals surface area contributed by atoms with Crippen molar-refractivity contribution < 1.29 is 9.90 Å². The molecule has 6 N–H and O–H groups in total. The maximum absolute atomic E-state index is 10.6. The average molecular weight is 230 g/mol. The smallest absolute Gasteiger partial charge is 0.248 e. The Morgan fingerprint density at radius 3 is 2.80 bits per heavy atom. The summed E-state index contributed by atoms with van der Waals surface area (Å²) in [5.41, 5.74) is 11.5. The van der Waals surface area contributed by atoms with E-state index in [2.05, 4.69) is 5.32 Å². The summed E-state index contributed by atoms with van der Waals surface area (Å²) >= 11 is 5.85. The third kappa shape index (κ3) is 3.00. The van der Waals surface area contributed by atoms with Crippen LogP contribution in [0.4, 0.5) is 11.4 Å². The number of carbonyl (C=O) groups is 1. The normalized spacial score (nSPS) is 12.1. The molecule has 0 saturated carbocycles. The van der Waals surface area contributed by atoms with Crippen molar-refractivity contribution in [2.75, 3.05) is 17.6 Å². The number of amides is 1. The zero-order valence-electron chi connectivity index (χ0n) is 7.90. The van der Waals surface area contributed by atoms with Crippen molar-refractivity contribution in [3.05, 3.63) is 23.2 Å². The van der Waals surface area contributed by atoms with Gasteiger partial charge in [0, 0.05) is 6.54 Å². The first-order valence-electron chi connectivity index (χ1n) is 4.27. The highest BCUT2D eigenvalue weighted by molar-refractivity contribution is 6.33. The Balaban J connectivity index is 2.69. The van der Waals surface area contributed by atoms with E-state index < -0.39 is 12.0 Å². The van der Waals surface area contributed by atoms with Crippen LogP contribution in [-0.4, -0.2) is 23.7 Å². The molecule has 0 aliphatic carbocycles. The first kappa shape index (κ1) is 11.6. The number of benzene rings is 1. The highest BCUT2D eigenvalue weighted by atomic mass is 35.5. The van der Waals surface area contributed by atoms with Crippen molar-refractivity contribution in [1.82, 2.24) is 0 Å². The summed E-state index contributed by atoms with van der Waals surface area (Å²) in [5, 5.41) is 12.3. The van der Waals surface area contributed by atoms with Crippen molar-refractivity contribution in [3.8, 4) is 0 Å². The molecule has 0 aromatic heterocycles. The summed E-state index contributed by atoms with van der Waals surface area (Å²) in [6, 6.07) is 5.01. The fourth-order valence-corrected chi connectivity index (χ4v) is 1.28. The van der Waals surface area contributed by atoms with Crippen LogP contribution in [0.25, 0.3) is 0 Å². The van der Waals surface area contributed by atoms with Gasteiger partial charge >= 0.3 is 0 Å².